The van der Waals surface area contributed by atoms with Gasteiger partial charge in [-0.2, -0.15) is 0 Å². The molecule has 1 aliphatic heterocycles. The summed E-state index contributed by atoms with van der Waals surface area (Å²) < 4.78 is 0.638. The topological polar surface area (TPSA) is 61.0 Å². The van der Waals surface area contributed by atoms with Crippen LogP contribution in [0.25, 0.3) is 0 Å². The standard InChI is InChI=1S/C11H17IN4O/c1-2-16-5-3-4-8(6-16)15-10-9(12)11(17)14-7-13-10/h7-8H,2-6H2,1H3,(H2,13,14,15,17). The number of likely N-dealkylation sites (N-methyl/N-ethyl adjacent to an activating group) is 1. The van der Waals surface area contributed by atoms with E-state index in [1.807, 2.05) is 22.6 Å². The zero-order chi connectivity index (χ0) is 12.3. The summed E-state index contributed by atoms with van der Waals surface area (Å²) in [5.41, 5.74) is -0.0775. The number of likely N-dealkylation sites (tertiary alicyclic amines) is 1. The Kier molecular flexibility index (Phi) is 4.38. The van der Waals surface area contributed by atoms with Gasteiger partial charge in [0.05, 0.1) is 6.33 Å². The molecule has 0 bridgehead atoms. The molecule has 2 heterocycles. The fraction of sp³-hybridized carbons (Fsp3) is 0.636. The summed E-state index contributed by atoms with van der Waals surface area (Å²) in [5.74, 6) is 0.706. The maximum atomic E-state index is 11.4. The Morgan fingerprint density at radius 2 is 2.53 bits per heavy atom. The minimum absolute atomic E-state index is 0.0775. The van der Waals surface area contributed by atoms with E-state index >= 15 is 0 Å². The number of nitrogens with zero attached hydrogens (tertiary/aromatic N) is 2. The van der Waals surface area contributed by atoms with Crippen LogP contribution in [-0.2, 0) is 0 Å². The SMILES string of the molecule is CCN1CCCC(Nc2nc[nH]c(=O)c2I)C1. The van der Waals surface area contributed by atoms with E-state index in [1.54, 1.807) is 0 Å². The van der Waals surface area contributed by atoms with Gasteiger partial charge in [0.1, 0.15) is 9.39 Å². The summed E-state index contributed by atoms with van der Waals surface area (Å²) in [6.07, 6.45) is 3.79. The summed E-state index contributed by atoms with van der Waals surface area (Å²) in [6, 6.07) is 0.395. The monoisotopic (exact) mass is 348 g/mol. The van der Waals surface area contributed by atoms with Gasteiger partial charge in [-0.15, -0.1) is 0 Å². The van der Waals surface area contributed by atoms with E-state index in [1.165, 1.54) is 19.3 Å². The van der Waals surface area contributed by atoms with Crippen molar-refractivity contribution in [1.82, 2.24) is 14.9 Å². The Labute approximate surface area is 114 Å². The van der Waals surface area contributed by atoms with Gasteiger partial charge in [-0.25, -0.2) is 4.98 Å². The van der Waals surface area contributed by atoms with Crippen LogP contribution in [0.15, 0.2) is 11.1 Å². The normalized spacial score (nSPS) is 21.4. The fourth-order valence-electron chi connectivity index (χ4n) is 2.14. The van der Waals surface area contributed by atoms with Crippen molar-refractivity contribution in [3.63, 3.8) is 0 Å². The molecule has 0 spiro atoms. The minimum atomic E-state index is -0.0775. The van der Waals surface area contributed by atoms with Crippen LogP contribution in [0.3, 0.4) is 0 Å². The smallest absolute Gasteiger partial charge is 0.266 e. The lowest BCUT2D eigenvalue weighted by molar-refractivity contribution is 0.226. The van der Waals surface area contributed by atoms with Gasteiger partial charge in [-0.05, 0) is 48.5 Å². The summed E-state index contributed by atoms with van der Waals surface area (Å²) >= 11 is 2.03. The van der Waals surface area contributed by atoms with Crippen molar-refractivity contribution in [3.05, 3.63) is 20.3 Å². The summed E-state index contributed by atoms with van der Waals surface area (Å²) in [4.78, 5) is 20.6. The number of rotatable bonds is 3. The Hall–Kier alpha value is -0.630. The number of hydrogen-bond donors (Lipinski definition) is 2. The van der Waals surface area contributed by atoms with Crippen LogP contribution >= 0.6 is 22.6 Å². The zero-order valence-corrected chi connectivity index (χ0v) is 12.0. The van der Waals surface area contributed by atoms with Crippen molar-refractivity contribution < 1.29 is 0 Å². The first-order valence-electron chi connectivity index (χ1n) is 5.92. The van der Waals surface area contributed by atoms with Gasteiger partial charge in [-0.3, -0.25) is 4.79 Å². The fourth-order valence-corrected chi connectivity index (χ4v) is 2.59. The highest BCUT2D eigenvalue weighted by Crippen LogP contribution is 2.16. The number of nitrogens with one attached hydrogen (secondary N) is 2. The van der Waals surface area contributed by atoms with Crippen LogP contribution in [0.5, 0.6) is 0 Å². The molecule has 94 valence electrons. The van der Waals surface area contributed by atoms with E-state index in [4.69, 9.17) is 0 Å². The molecule has 1 aromatic rings. The molecule has 1 unspecified atom stereocenters. The third-order valence-corrected chi connectivity index (χ3v) is 4.09. The van der Waals surface area contributed by atoms with Gasteiger partial charge in [-0.1, -0.05) is 6.92 Å². The van der Waals surface area contributed by atoms with E-state index in [0.717, 1.165) is 19.5 Å². The van der Waals surface area contributed by atoms with Crippen LogP contribution < -0.4 is 10.9 Å². The highest BCUT2D eigenvalue weighted by molar-refractivity contribution is 14.1. The predicted octanol–water partition coefficient (Wildman–Crippen LogP) is 1.27. The number of aromatic nitrogens is 2. The third kappa shape index (κ3) is 3.19. The van der Waals surface area contributed by atoms with Crippen molar-refractivity contribution in [3.8, 4) is 0 Å². The highest BCUT2D eigenvalue weighted by Gasteiger charge is 2.19. The Morgan fingerprint density at radius 1 is 1.71 bits per heavy atom. The number of halogens is 1. The molecule has 0 amide bonds. The van der Waals surface area contributed by atoms with E-state index in [-0.39, 0.29) is 5.56 Å². The lowest BCUT2D eigenvalue weighted by Gasteiger charge is -2.32. The second-order valence-corrected chi connectivity index (χ2v) is 5.35. The molecule has 1 fully saturated rings. The molecule has 0 saturated carbocycles. The number of anilines is 1. The largest absolute Gasteiger partial charge is 0.365 e. The molecule has 5 nitrogen and oxygen atoms in total. The summed E-state index contributed by atoms with van der Waals surface area (Å²) in [6.45, 7) is 5.46. The molecule has 1 saturated heterocycles. The molecule has 0 aromatic carbocycles. The quantitative estimate of drug-likeness (QED) is 0.808. The van der Waals surface area contributed by atoms with E-state index in [9.17, 15) is 4.79 Å². The summed E-state index contributed by atoms with van der Waals surface area (Å²) in [7, 11) is 0. The molecule has 17 heavy (non-hydrogen) atoms. The van der Waals surface area contributed by atoms with Crippen molar-refractivity contribution in [1.29, 1.82) is 0 Å². The predicted molar refractivity (Wildman–Crippen MR) is 76.3 cm³/mol. The van der Waals surface area contributed by atoms with Gasteiger partial charge in [0, 0.05) is 12.6 Å². The van der Waals surface area contributed by atoms with E-state index in [2.05, 4.69) is 27.1 Å². The van der Waals surface area contributed by atoms with Gasteiger partial charge in [0.25, 0.3) is 5.56 Å². The van der Waals surface area contributed by atoms with Crippen LogP contribution in [0.4, 0.5) is 5.82 Å². The maximum Gasteiger partial charge on any atom is 0.266 e. The molecule has 0 aliphatic carbocycles. The van der Waals surface area contributed by atoms with Gasteiger partial charge in [0.2, 0.25) is 0 Å². The number of piperidine rings is 1. The second kappa shape index (κ2) is 5.81. The van der Waals surface area contributed by atoms with Crippen LogP contribution in [0.2, 0.25) is 0 Å². The number of aromatic amines is 1. The first kappa shape index (κ1) is 12.8. The molecule has 2 N–H and O–H groups in total. The highest BCUT2D eigenvalue weighted by atomic mass is 127. The van der Waals surface area contributed by atoms with Crippen molar-refractivity contribution in [2.75, 3.05) is 25.0 Å². The Bertz CT molecular complexity index is 434. The molecule has 1 aliphatic rings. The Balaban J connectivity index is 2.05. The van der Waals surface area contributed by atoms with Gasteiger partial charge in [0.15, 0.2) is 0 Å². The molecule has 1 atom stereocenters. The zero-order valence-electron chi connectivity index (χ0n) is 9.87. The Morgan fingerprint density at radius 3 is 3.29 bits per heavy atom. The first-order valence-corrected chi connectivity index (χ1v) is 7.00. The van der Waals surface area contributed by atoms with Crippen molar-refractivity contribution >= 4 is 28.4 Å². The second-order valence-electron chi connectivity index (χ2n) is 4.27. The number of H-pyrrole nitrogens is 1. The van der Waals surface area contributed by atoms with Crippen molar-refractivity contribution in [2.45, 2.75) is 25.8 Å². The first-order chi connectivity index (χ1) is 8.20. The van der Waals surface area contributed by atoms with Crippen LogP contribution in [0.1, 0.15) is 19.8 Å². The molecule has 2 rings (SSSR count). The molecular formula is C11H17IN4O. The maximum absolute atomic E-state index is 11.4. The van der Waals surface area contributed by atoms with E-state index in [0.29, 0.717) is 15.4 Å². The van der Waals surface area contributed by atoms with E-state index < -0.39 is 0 Å². The van der Waals surface area contributed by atoms with Gasteiger partial charge < -0.3 is 15.2 Å². The van der Waals surface area contributed by atoms with Crippen LogP contribution in [0, 0.1) is 3.57 Å². The number of hydrogen-bond acceptors (Lipinski definition) is 4. The third-order valence-electron chi connectivity index (χ3n) is 3.09. The molecule has 0 radical (unpaired) electrons. The lowest BCUT2D eigenvalue weighted by Crippen LogP contribution is -2.42. The molecular weight excluding hydrogens is 331 g/mol. The lowest BCUT2D eigenvalue weighted by atomic mass is 10.1. The molecule has 1 aromatic heterocycles. The van der Waals surface area contributed by atoms with Crippen molar-refractivity contribution in [2.24, 2.45) is 0 Å². The molecule has 6 heteroatoms. The van der Waals surface area contributed by atoms with Crippen LogP contribution in [-0.4, -0.2) is 40.5 Å². The minimum Gasteiger partial charge on any atom is -0.365 e. The van der Waals surface area contributed by atoms with Gasteiger partial charge >= 0.3 is 0 Å². The average Bonchev–Trinajstić information content (AvgIpc) is 2.35. The summed E-state index contributed by atoms with van der Waals surface area (Å²) in [5, 5.41) is 3.37. The average molecular weight is 348 g/mol.